The van der Waals surface area contributed by atoms with E-state index in [0.29, 0.717) is 6.04 Å². The molecule has 0 aromatic carbocycles. The summed E-state index contributed by atoms with van der Waals surface area (Å²) in [6.07, 6.45) is 9.89. The maximum atomic E-state index is 4.34. The Morgan fingerprint density at radius 3 is 2.33 bits per heavy atom. The second-order valence-corrected chi connectivity index (χ2v) is 3.74. The molecule has 1 N–H and O–H groups in total. The van der Waals surface area contributed by atoms with E-state index < -0.39 is 0 Å². The second-order valence-electron chi connectivity index (χ2n) is 3.74. The average Bonchev–Trinajstić information content (AvgIpc) is 2.20. The monoisotopic (exact) mass is 206 g/mol. The van der Waals surface area contributed by atoms with Gasteiger partial charge < -0.3 is 5.32 Å². The molecule has 0 aliphatic carbocycles. The fourth-order valence-electron chi connectivity index (χ4n) is 0.846. The third kappa shape index (κ3) is 7.74. The highest BCUT2D eigenvalue weighted by molar-refractivity contribution is 5.79. The van der Waals surface area contributed by atoms with Gasteiger partial charge in [0.05, 0.1) is 0 Å². The predicted octanol–water partition coefficient (Wildman–Crippen LogP) is 3.09. The summed E-state index contributed by atoms with van der Waals surface area (Å²) < 4.78 is 0. The molecule has 2 heteroatoms. The van der Waals surface area contributed by atoms with E-state index in [1.807, 2.05) is 31.6 Å². The first-order valence-corrected chi connectivity index (χ1v) is 5.29. The molecule has 15 heavy (non-hydrogen) atoms. The molecule has 0 bridgehead atoms. The predicted molar refractivity (Wildman–Crippen MR) is 69.3 cm³/mol. The molecule has 0 rings (SSSR count). The van der Waals surface area contributed by atoms with Gasteiger partial charge in [0.15, 0.2) is 0 Å². The smallest absolute Gasteiger partial charge is 0.0443 e. The van der Waals surface area contributed by atoms with Gasteiger partial charge in [-0.25, -0.2) is 0 Å². The number of nitrogens with one attached hydrogen (secondary N) is 1. The van der Waals surface area contributed by atoms with Crippen molar-refractivity contribution in [3.8, 4) is 0 Å². The third-order valence-electron chi connectivity index (χ3n) is 1.91. The molecule has 0 spiro atoms. The lowest BCUT2D eigenvalue weighted by molar-refractivity contribution is 0.840. The number of allylic oxidation sites excluding steroid dienone is 5. The van der Waals surface area contributed by atoms with Crippen molar-refractivity contribution < 1.29 is 0 Å². The largest absolute Gasteiger partial charge is 0.394 e. The number of nitrogens with zero attached hydrogens (tertiary/aromatic N) is 1. The van der Waals surface area contributed by atoms with Gasteiger partial charge in [0, 0.05) is 19.3 Å². The first-order valence-electron chi connectivity index (χ1n) is 5.29. The molecule has 0 unspecified atom stereocenters. The van der Waals surface area contributed by atoms with Crippen molar-refractivity contribution in [1.29, 1.82) is 0 Å². The van der Waals surface area contributed by atoms with Crippen molar-refractivity contribution in [2.75, 3.05) is 7.05 Å². The van der Waals surface area contributed by atoms with E-state index in [0.717, 1.165) is 0 Å². The van der Waals surface area contributed by atoms with E-state index in [-0.39, 0.29) is 0 Å². The van der Waals surface area contributed by atoms with Crippen molar-refractivity contribution in [2.24, 2.45) is 4.99 Å². The van der Waals surface area contributed by atoms with Crippen LogP contribution in [-0.4, -0.2) is 19.3 Å². The molecule has 0 atom stereocenters. The zero-order valence-corrected chi connectivity index (χ0v) is 10.4. The lowest BCUT2D eigenvalue weighted by Gasteiger charge is -1.98. The zero-order valence-electron chi connectivity index (χ0n) is 10.4. The summed E-state index contributed by atoms with van der Waals surface area (Å²) >= 11 is 0. The minimum absolute atomic E-state index is 0.362. The Morgan fingerprint density at radius 2 is 1.80 bits per heavy atom. The molecule has 0 aromatic rings. The van der Waals surface area contributed by atoms with Gasteiger partial charge >= 0.3 is 0 Å². The van der Waals surface area contributed by atoms with E-state index in [1.54, 1.807) is 0 Å². The Hall–Kier alpha value is -1.31. The van der Waals surface area contributed by atoms with Crippen molar-refractivity contribution in [3.63, 3.8) is 0 Å². The van der Waals surface area contributed by atoms with Crippen molar-refractivity contribution in [2.45, 2.75) is 33.7 Å². The van der Waals surface area contributed by atoms with E-state index in [1.165, 1.54) is 11.1 Å². The fraction of sp³-hybridized carbons (Fsp3) is 0.462. The Bertz CT molecular complexity index is 281. The Kier molecular flexibility index (Phi) is 7.33. The van der Waals surface area contributed by atoms with Crippen LogP contribution in [0.5, 0.6) is 0 Å². The van der Waals surface area contributed by atoms with E-state index in [2.05, 4.69) is 44.1 Å². The summed E-state index contributed by atoms with van der Waals surface area (Å²) in [6.45, 7) is 8.31. The van der Waals surface area contributed by atoms with Crippen LogP contribution in [0.1, 0.15) is 27.7 Å². The molecule has 0 aliphatic heterocycles. The minimum Gasteiger partial charge on any atom is -0.394 e. The summed E-state index contributed by atoms with van der Waals surface area (Å²) in [5.74, 6) is 0. The molecule has 0 fully saturated rings. The van der Waals surface area contributed by atoms with Crippen LogP contribution >= 0.6 is 0 Å². The molecule has 84 valence electrons. The van der Waals surface area contributed by atoms with Crippen LogP contribution in [0.15, 0.2) is 40.6 Å². The summed E-state index contributed by atoms with van der Waals surface area (Å²) in [4.78, 5) is 4.34. The molecular formula is C13H22N2. The Labute approximate surface area is 93.5 Å². The summed E-state index contributed by atoms with van der Waals surface area (Å²) in [5.41, 5.74) is 2.44. The van der Waals surface area contributed by atoms with E-state index in [9.17, 15) is 0 Å². The van der Waals surface area contributed by atoms with Gasteiger partial charge in [-0.3, -0.25) is 4.99 Å². The average molecular weight is 206 g/mol. The molecular weight excluding hydrogens is 184 g/mol. The van der Waals surface area contributed by atoms with Crippen LogP contribution in [0.3, 0.4) is 0 Å². The number of hydrogen-bond donors (Lipinski definition) is 1. The highest BCUT2D eigenvalue weighted by atomic mass is 14.8. The number of hydrogen-bond acceptors (Lipinski definition) is 2. The molecule has 0 saturated heterocycles. The molecule has 0 heterocycles. The molecule has 0 aromatic heterocycles. The van der Waals surface area contributed by atoms with Crippen LogP contribution in [0, 0.1) is 0 Å². The Balaban J connectivity index is 4.38. The molecule has 0 aliphatic rings. The van der Waals surface area contributed by atoms with Gasteiger partial charge in [0.2, 0.25) is 0 Å². The summed E-state index contributed by atoms with van der Waals surface area (Å²) in [7, 11) is 1.88. The molecule has 2 nitrogen and oxygen atoms in total. The maximum Gasteiger partial charge on any atom is 0.0443 e. The molecule has 0 saturated carbocycles. The first-order chi connectivity index (χ1) is 7.07. The number of rotatable bonds is 5. The highest BCUT2D eigenvalue weighted by Gasteiger charge is 1.89. The van der Waals surface area contributed by atoms with Gasteiger partial charge in [-0.15, -0.1) is 0 Å². The standard InChI is InChI=1S/C13H22N2/c1-11(2)15-10-13(4)12(3)8-6-7-9-14-5/h6-11,14H,1-5H3/b8-6+,9-7+,13-12+,15-10?. The topological polar surface area (TPSA) is 24.4 Å². The van der Waals surface area contributed by atoms with Gasteiger partial charge in [0.25, 0.3) is 0 Å². The maximum absolute atomic E-state index is 4.34. The van der Waals surface area contributed by atoms with Gasteiger partial charge in [-0.05, 0) is 51.1 Å². The van der Waals surface area contributed by atoms with E-state index in [4.69, 9.17) is 0 Å². The van der Waals surface area contributed by atoms with Crippen molar-refractivity contribution in [3.05, 3.63) is 35.6 Å². The molecule has 0 amide bonds. The van der Waals surface area contributed by atoms with Gasteiger partial charge in [-0.1, -0.05) is 12.2 Å². The normalized spacial score (nSPS) is 14.5. The summed E-state index contributed by atoms with van der Waals surface area (Å²) in [6, 6.07) is 0.362. The SMILES string of the molecule is CN/C=C/C=C/C(C)=C(\C)C=NC(C)C. The van der Waals surface area contributed by atoms with Crippen LogP contribution in [-0.2, 0) is 0 Å². The lowest BCUT2D eigenvalue weighted by Crippen LogP contribution is -1.91. The van der Waals surface area contributed by atoms with Crippen LogP contribution in [0.25, 0.3) is 0 Å². The number of aliphatic imine (C=N–C) groups is 1. The van der Waals surface area contributed by atoms with Crippen molar-refractivity contribution in [1.82, 2.24) is 5.32 Å². The fourth-order valence-corrected chi connectivity index (χ4v) is 0.846. The quantitative estimate of drug-likeness (QED) is 0.542. The summed E-state index contributed by atoms with van der Waals surface area (Å²) in [5, 5.41) is 2.94. The molecule has 0 radical (unpaired) electrons. The van der Waals surface area contributed by atoms with Crippen molar-refractivity contribution >= 4 is 6.21 Å². The van der Waals surface area contributed by atoms with E-state index >= 15 is 0 Å². The lowest BCUT2D eigenvalue weighted by atomic mass is 10.1. The zero-order chi connectivity index (χ0) is 11.7. The van der Waals surface area contributed by atoms with Crippen LogP contribution in [0.2, 0.25) is 0 Å². The van der Waals surface area contributed by atoms with Gasteiger partial charge in [-0.2, -0.15) is 0 Å². The van der Waals surface area contributed by atoms with Gasteiger partial charge in [0.1, 0.15) is 0 Å². The Morgan fingerprint density at radius 1 is 1.13 bits per heavy atom. The highest BCUT2D eigenvalue weighted by Crippen LogP contribution is 2.03. The second kappa shape index (κ2) is 8.04. The third-order valence-corrected chi connectivity index (χ3v) is 1.91. The minimum atomic E-state index is 0.362. The first kappa shape index (κ1) is 13.7. The van der Waals surface area contributed by atoms with Crippen LogP contribution < -0.4 is 5.32 Å². The van der Waals surface area contributed by atoms with Crippen LogP contribution in [0.4, 0.5) is 0 Å².